The summed E-state index contributed by atoms with van der Waals surface area (Å²) >= 11 is 0. The number of esters is 1. The molecule has 0 aliphatic heterocycles. The van der Waals surface area contributed by atoms with Crippen LogP contribution in [0.1, 0.15) is 67.6 Å². The van der Waals surface area contributed by atoms with E-state index in [0.717, 1.165) is 24.1 Å². The van der Waals surface area contributed by atoms with Gasteiger partial charge in [-0.3, -0.25) is 4.79 Å². The van der Waals surface area contributed by atoms with E-state index in [4.69, 9.17) is 9.47 Å². The van der Waals surface area contributed by atoms with Crippen LogP contribution < -0.4 is 10.3 Å². The fraction of sp³-hybridized carbons (Fsp3) is 0.478. The average molecular weight is 383 g/mol. The smallest absolute Gasteiger partial charge is 0.347 e. The van der Waals surface area contributed by atoms with Crippen LogP contribution in [0.15, 0.2) is 41.2 Å². The SMILES string of the molecule is CCOC(=O)c1c(OC(C)C2CCCCC2)cc(Cc2ccccc2)[nH]c1=O. The van der Waals surface area contributed by atoms with Crippen LogP contribution in [0, 0.1) is 5.92 Å². The van der Waals surface area contributed by atoms with Gasteiger partial charge in [-0.2, -0.15) is 0 Å². The number of benzene rings is 1. The molecule has 1 unspecified atom stereocenters. The molecule has 1 aromatic heterocycles. The van der Waals surface area contributed by atoms with Crippen molar-refractivity contribution in [2.45, 2.75) is 58.5 Å². The fourth-order valence-corrected chi connectivity index (χ4v) is 3.89. The Morgan fingerprint density at radius 3 is 2.57 bits per heavy atom. The van der Waals surface area contributed by atoms with Gasteiger partial charge in [0.05, 0.1) is 12.7 Å². The van der Waals surface area contributed by atoms with Gasteiger partial charge in [-0.25, -0.2) is 4.79 Å². The topological polar surface area (TPSA) is 68.4 Å². The first-order valence-corrected chi connectivity index (χ1v) is 10.2. The monoisotopic (exact) mass is 383 g/mol. The molecule has 5 heteroatoms. The lowest BCUT2D eigenvalue weighted by molar-refractivity contribution is 0.0511. The molecule has 0 bridgehead atoms. The van der Waals surface area contributed by atoms with Gasteiger partial charge in [-0.1, -0.05) is 49.6 Å². The summed E-state index contributed by atoms with van der Waals surface area (Å²) in [7, 11) is 0. The summed E-state index contributed by atoms with van der Waals surface area (Å²) in [5, 5.41) is 0. The highest BCUT2D eigenvalue weighted by molar-refractivity contribution is 5.92. The Kier molecular flexibility index (Phi) is 6.90. The quantitative estimate of drug-likeness (QED) is 0.715. The molecular formula is C23H29NO4. The molecule has 2 aromatic rings. The molecule has 150 valence electrons. The van der Waals surface area contributed by atoms with Crippen molar-refractivity contribution in [1.82, 2.24) is 4.98 Å². The Labute approximate surface area is 166 Å². The van der Waals surface area contributed by atoms with Crippen molar-refractivity contribution >= 4 is 5.97 Å². The zero-order valence-electron chi connectivity index (χ0n) is 16.7. The maximum atomic E-state index is 12.7. The highest BCUT2D eigenvalue weighted by atomic mass is 16.5. The van der Waals surface area contributed by atoms with E-state index >= 15 is 0 Å². The third kappa shape index (κ3) is 5.03. The van der Waals surface area contributed by atoms with Crippen LogP contribution in [-0.2, 0) is 11.2 Å². The molecular weight excluding hydrogens is 354 g/mol. The number of pyridine rings is 1. The summed E-state index contributed by atoms with van der Waals surface area (Å²) in [6.45, 7) is 3.96. The summed E-state index contributed by atoms with van der Waals surface area (Å²) in [5.41, 5.74) is 1.29. The normalized spacial score (nSPS) is 15.8. The third-order valence-corrected chi connectivity index (χ3v) is 5.40. The minimum Gasteiger partial charge on any atom is -0.489 e. The standard InChI is InChI=1S/C23H29NO4/c1-3-27-23(26)21-20(28-16(2)18-12-8-5-9-13-18)15-19(24-22(21)25)14-17-10-6-4-7-11-17/h4,6-7,10-11,15-16,18H,3,5,8-9,12-14H2,1-2H3,(H,24,25). The van der Waals surface area contributed by atoms with Crippen LogP contribution in [0.25, 0.3) is 0 Å². The second-order valence-corrected chi connectivity index (χ2v) is 7.47. The maximum Gasteiger partial charge on any atom is 0.347 e. The number of hydrogen-bond acceptors (Lipinski definition) is 4. The first-order valence-electron chi connectivity index (χ1n) is 10.2. The summed E-state index contributed by atoms with van der Waals surface area (Å²) in [6, 6.07) is 11.7. The summed E-state index contributed by atoms with van der Waals surface area (Å²) < 4.78 is 11.3. The Balaban J connectivity index is 1.90. The van der Waals surface area contributed by atoms with E-state index in [1.165, 1.54) is 19.3 Å². The van der Waals surface area contributed by atoms with Crippen LogP contribution in [0.3, 0.4) is 0 Å². The Bertz CT molecular complexity index is 837. The van der Waals surface area contributed by atoms with Crippen molar-refractivity contribution < 1.29 is 14.3 Å². The van der Waals surface area contributed by atoms with Crippen molar-refractivity contribution in [3.63, 3.8) is 0 Å². The predicted molar refractivity (Wildman–Crippen MR) is 109 cm³/mol. The molecule has 1 aliphatic rings. The van der Waals surface area contributed by atoms with Gasteiger partial charge in [0, 0.05) is 18.2 Å². The predicted octanol–water partition coefficient (Wildman–Crippen LogP) is 4.49. The highest BCUT2D eigenvalue weighted by Gasteiger charge is 2.26. The second-order valence-electron chi connectivity index (χ2n) is 7.47. The van der Waals surface area contributed by atoms with Gasteiger partial charge >= 0.3 is 5.97 Å². The van der Waals surface area contributed by atoms with Crippen LogP contribution in [0.5, 0.6) is 5.75 Å². The zero-order chi connectivity index (χ0) is 19.9. The van der Waals surface area contributed by atoms with Gasteiger partial charge in [0.15, 0.2) is 5.56 Å². The van der Waals surface area contributed by atoms with E-state index in [2.05, 4.69) is 4.98 Å². The van der Waals surface area contributed by atoms with Crippen molar-refractivity contribution in [2.75, 3.05) is 6.61 Å². The van der Waals surface area contributed by atoms with Gasteiger partial charge < -0.3 is 14.5 Å². The van der Waals surface area contributed by atoms with Gasteiger partial charge in [0.2, 0.25) is 0 Å². The van der Waals surface area contributed by atoms with Crippen LogP contribution in [-0.4, -0.2) is 23.7 Å². The summed E-state index contributed by atoms with van der Waals surface area (Å²) in [5.74, 6) is 0.132. The molecule has 1 saturated carbocycles. The molecule has 1 aromatic carbocycles. The molecule has 0 saturated heterocycles. The Morgan fingerprint density at radius 1 is 1.18 bits per heavy atom. The summed E-state index contributed by atoms with van der Waals surface area (Å²) in [6.07, 6.45) is 6.43. The number of carbonyl (C=O) groups excluding carboxylic acids is 1. The van der Waals surface area contributed by atoms with Gasteiger partial charge in [0.1, 0.15) is 5.75 Å². The first-order chi connectivity index (χ1) is 13.6. The van der Waals surface area contributed by atoms with E-state index in [-0.39, 0.29) is 18.3 Å². The van der Waals surface area contributed by atoms with Gasteiger partial charge in [-0.05, 0) is 38.2 Å². The molecule has 0 radical (unpaired) electrons. The first kappa shape index (κ1) is 20.2. The summed E-state index contributed by atoms with van der Waals surface area (Å²) in [4.78, 5) is 27.9. The number of ether oxygens (including phenoxy) is 2. The molecule has 1 aliphatic carbocycles. The minimum absolute atomic E-state index is 0.0404. The van der Waals surface area contributed by atoms with Gasteiger partial charge in [0.25, 0.3) is 5.56 Å². The van der Waals surface area contributed by atoms with Crippen molar-refractivity contribution in [3.8, 4) is 5.75 Å². The lowest BCUT2D eigenvalue weighted by Crippen LogP contribution is -2.29. The third-order valence-electron chi connectivity index (χ3n) is 5.40. The number of aromatic nitrogens is 1. The zero-order valence-corrected chi connectivity index (χ0v) is 16.7. The lowest BCUT2D eigenvalue weighted by atomic mass is 9.86. The van der Waals surface area contributed by atoms with E-state index in [1.54, 1.807) is 13.0 Å². The van der Waals surface area contributed by atoms with Crippen molar-refractivity contribution in [1.29, 1.82) is 0 Å². The maximum absolute atomic E-state index is 12.7. The molecule has 0 spiro atoms. The molecule has 3 rings (SSSR count). The van der Waals surface area contributed by atoms with Crippen LogP contribution in [0.2, 0.25) is 0 Å². The molecule has 1 N–H and O–H groups in total. The van der Waals surface area contributed by atoms with E-state index in [1.807, 2.05) is 37.3 Å². The minimum atomic E-state index is -0.638. The van der Waals surface area contributed by atoms with Crippen molar-refractivity contribution in [3.05, 3.63) is 63.6 Å². The molecule has 5 nitrogen and oxygen atoms in total. The fourth-order valence-electron chi connectivity index (χ4n) is 3.89. The number of hydrogen-bond donors (Lipinski definition) is 1. The molecule has 1 atom stereocenters. The molecule has 0 amide bonds. The number of nitrogens with one attached hydrogen (secondary N) is 1. The molecule has 28 heavy (non-hydrogen) atoms. The Hall–Kier alpha value is -2.56. The number of rotatable bonds is 7. The number of H-pyrrole nitrogens is 1. The van der Waals surface area contributed by atoms with E-state index in [0.29, 0.717) is 18.1 Å². The molecule has 1 heterocycles. The second kappa shape index (κ2) is 9.58. The molecule has 1 fully saturated rings. The Morgan fingerprint density at radius 2 is 1.89 bits per heavy atom. The average Bonchev–Trinajstić information content (AvgIpc) is 2.69. The van der Waals surface area contributed by atoms with Crippen LogP contribution in [0.4, 0.5) is 0 Å². The lowest BCUT2D eigenvalue weighted by Gasteiger charge is -2.28. The van der Waals surface area contributed by atoms with Gasteiger partial charge in [-0.15, -0.1) is 0 Å². The van der Waals surface area contributed by atoms with Crippen LogP contribution >= 0.6 is 0 Å². The highest BCUT2D eigenvalue weighted by Crippen LogP contribution is 2.30. The van der Waals surface area contributed by atoms with E-state index in [9.17, 15) is 9.59 Å². The number of aromatic amines is 1. The number of carbonyl (C=O) groups is 1. The largest absolute Gasteiger partial charge is 0.489 e. The van der Waals surface area contributed by atoms with E-state index < -0.39 is 11.5 Å². The van der Waals surface area contributed by atoms with Crippen molar-refractivity contribution in [2.24, 2.45) is 5.92 Å².